The van der Waals surface area contributed by atoms with Gasteiger partial charge in [-0.3, -0.25) is 4.79 Å². The van der Waals surface area contributed by atoms with Gasteiger partial charge in [-0.05, 0) is 44.9 Å². The Balaban J connectivity index is 1.91. The summed E-state index contributed by atoms with van der Waals surface area (Å²) in [5.74, 6) is 0.602. The largest absolute Gasteiger partial charge is 0.397 e. The van der Waals surface area contributed by atoms with Crippen molar-refractivity contribution in [3.63, 3.8) is 0 Å². The molecule has 2 aliphatic rings. The Kier molecular flexibility index (Phi) is 4.11. The summed E-state index contributed by atoms with van der Waals surface area (Å²) in [6.07, 6.45) is 5.74. The van der Waals surface area contributed by atoms with Crippen molar-refractivity contribution in [3.8, 4) is 0 Å². The van der Waals surface area contributed by atoms with Gasteiger partial charge < -0.3 is 16.0 Å². The highest BCUT2D eigenvalue weighted by Gasteiger charge is 2.35. The summed E-state index contributed by atoms with van der Waals surface area (Å²) in [7, 11) is 0. The normalized spacial score (nSPS) is 17.8. The third-order valence-electron chi connectivity index (χ3n) is 4.23. The first-order valence-electron chi connectivity index (χ1n) is 8.13. The van der Waals surface area contributed by atoms with E-state index in [2.05, 4.69) is 24.1 Å². The fourth-order valence-electron chi connectivity index (χ4n) is 2.77. The predicted molar refractivity (Wildman–Crippen MR) is 89.4 cm³/mol. The fraction of sp³-hybridized carbons (Fsp3) is 0.688. The summed E-state index contributed by atoms with van der Waals surface area (Å²) in [5, 5.41) is 4.31. The molecule has 3 N–H and O–H groups in total. The highest BCUT2D eigenvalue weighted by molar-refractivity contribution is 7.18. The number of hydrogen-bond donors (Lipinski definition) is 2. The van der Waals surface area contributed by atoms with Crippen LogP contribution in [0.15, 0.2) is 0 Å². The molecule has 0 radical (unpaired) electrons. The highest BCUT2D eigenvalue weighted by atomic mass is 32.1. The molecule has 1 aromatic rings. The Morgan fingerprint density at radius 2 is 2.05 bits per heavy atom. The summed E-state index contributed by atoms with van der Waals surface area (Å²) in [6, 6.07) is 0.379. The summed E-state index contributed by atoms with van der Waals surface area (Å²) in [6.45, 7) is 6.36. The molecular formula is C16H25N3OS. The van der Waals surface area contributed by atoms with Crippen LogP contribution in [-0.2, 0) is 0 Å². The molecule has 21 heavy (non-hydrogen) atoms. The van der Waals surface area contributed by atoms with Gasteiger partial charge in [-0.25, -0.2) is 0 Å². The van der Waals surface area contributed by atoms with Gasteiger partial charge in [0.05, 0.1) is 10.7 Å². The number of amides is 1. The van der Waals surface area contributed by atoms with Crippen LogP contribution in [0.5, 0.6) is 0 Å². The molecule has 2 saturated carbocycles. The number of thiophene rings is 1. The molecule has 0 aliphatic heterocycles. The maximum Gasteiger partial charge on any atom is 0.263 e. The van der Waals surface area contributed by atoms with Crippen LogP contribution in [0.2, 0.25) is 0 Å². The molecule has 0 spiro atoms. The predicted octanol–water partition coefficient (Wildman–Crippen LogP) is 3.34. The number of nitrogens with zero attached hydrogens (tertiary/aromatic N) is 1. The lowest BCUT2D eigenvalue weighted by Gasteiger charge is -2.22. The number of carbonyl (C=O) groups excluding carboxylic acids is 1. The molecule has 116 valence electrons. The van der Waals surface area contributed by atoms with Gasteiger partial charge >= 0.3 is 0 Å². The minimum absolute atomic E-state index is 0.0284. The first-order valence-corrected chi connectivity index (χ1v) is 8.95. The van der Waals surface area contributed by atoms with Crippen molar-refractivity contribution in [1.82, 2.24) is 5.32 Å². The lowest BCUT2D eigenvalue weighted by molar-refractivity contribution is 0.0956. The van der Waals surface area contributed by atoms with Crippen molar-refractivity contribution >= 4 is 27.9 Å². The number of carbonyl (C=O) groups is 1. The quantitative estimate of drug-likeness (QED) is 0.812. The molecule has 0 saturated heterocycles. The molecule has 5 heteroatoms. The second kappa shape index (κ2) is 5.87. The lowest BCUT2D eigenvalue weighted by atomic mass is 10.1. The van der Waals surface area contributed by atoms with Gasteiger partial charge in [-0.2, -0.15) is 0 Å². The molecule has 0 aromatic carbocycles. The Morgan fingerprint density at radius 3 is 2.57 bits per heavy atom. The summed E-state index contributed by atoms with van der Waals surface area (Å²) >= 11 is 1.59. The van der Waals surface area contributed by atoms with Crippen molar-refractivity contribution in [2.75, 3.05) is 23.7 Å². The second-order valence-electron chi connectivity index (χ2n) is 6.17. The van der Waals surface area contributed by atoms with E-state index in [-0.39, 0.29) is 5.91 Å². The number of nitrogens with one attached hydrogen (secondary N) is 1. The first kappa shape index (κ1) is 14.7. The number of rotatable bonds is 7. The van der Waals surface area contributed by atoms with Crippen molar-refractivity contribution in [1.29, 1.82) is 0 Å². The summed E-state index contributed by atoms with van der Waals surface area (Å²) in [4.78, 5) is 15.5. The van der Waals surface area contributed by atoms with Gasteiger partial charge in [0.15, 0.2) is 0 Å². The molecule has 1 amide bonds. The van der Waals surface area contributed by atoms with Crippen LogP contribution < -0.4 is 16.0 Å². The van der Waals surface area contributed by atoms with Crippen LogP contribution in [0.1, 0.15) is 67.1 Å². The summed E-state index contributed by atoms with van der Waals surface area (Å²) in [5.41, 5.74) is 8.34. The van der Waals surface area contributed by atoms with Gasteiger partial charge in [-0.1, -0.05) is 6.92 Å². The lowest BCUT2D eigenvalue weighted by Crippen LogP contribution is -2.25. The summed E-state index contributed by atoms with van der Waals surface area (Å²) < 4.78 is 0. The highest BCUT2D eigenvalue weighted by Crippen LogP contribution is 2.52. The zero-order valence-electron chi connectivity index (χ0n) is 12.9. The minimum Gasteiger partial charge on any atom is -0.397 e. The van der Waals surface area contributed by atoms with E-state index in [0.717, 1.165) is 42.9 Å². The zero-order valence-corrected chi connectivity index (χ0v) is 13.8. The van der Waals surface area contributed by atoms with Crippen LogP contribution in [0.3, 0.4) is 0 Å². The maximum atomic E-state index is 12.4. The molecule has 0 unspecified atom stereocenters. The standard InChI is InChI=1S/C16H25N3OS/c1-3-9-19(4-2)16-12(10-5-6-10)13(17)14(21-16)15(20)18-11-7-8-11/h10-11H,3-9,17H2,1-2H3,(H,18,20). The number of hydrogen-bond acceptors (Lipinski definition) is 4. The van der Waals surface area contributed by atoms with E-state index in [9.17, 15) is 4.79 Å². The average molecular weight is 307 g/mol. The van der Waals surface area contributed by atoms with Gasteiger partial charge in [0.2, 0.25) is 0 Å². The SMILES string of the molecule is CCCN(CC)c1sc(C(=O)NC2CC2)c(N)c1C1CC1. The average Bonchev–Trinajstić information content (AvgIpc) is 3.37. The van der Waals surface area contributed by atoms with Crippen molar-refractivity contribution in [3.05, 3.63) is 10.4 Å². The fourth-order valence-corrected chi connectivity index (χ4v) is 4.07. The van der Waals surface area contributed by atoms with Crippen molar-refractivity contribution in [2.24, 2.45) is 0 Å². The Bertz CT molecular complexity index is 532. The van der Waals surface area contributed by atoms with Crippen molar-refractivity contribution < 1.29 is 4.79 Å². The van der Waals surface area contributed by atoms with Gasteiger partial charge in [-0.15, -0.1) is 11.3 Å². The van der Waals surface area contributed by atoms with E-state index >= 15 is 0 Å². The van der Waals surface area contributed by atoms with Gasteiger partial charge in [0, 0.05) is 24.7 Å². The van der Waals surface area contributed by atoms with Crippen molar-refractivity contribution in [2.45, 2.75) is 57.9 Å². The monoisotopic (exact) mass is 307 g/mol. The molecule has 1 heterocycles. The molecule has 3 rings (SSSR count). The minimum atomic E-state index is 0.0284. The Labute approximate surface area is 130 Å². The van der Waals surface area contributed by atoms with E-state index in [0.29, 0.717) is 12.0 Å². The molecule has 1 aromatic heterocycles. The molecule has 0 bridgehead atoms. The molecule has 4 nitrogen and oxygen atoms in total. The van der Waals surface area contributed by atoms with Crippen LogP contribution in [0.4, 0.5) is 10.7 Å². The van der Waals surface area contributed by atoms with E-state index in [4.69, 9.17) is 5.73 Å². The van der Waals surface area contributed by atoms with Crippen LogP contribution in [0, 0.1) is 0 Å². The van der Waals surface area contributed by atoms with E-state index in [1.54, 1.807) is 11.3 Å². The number of anilines is 2. The first-order chi connectivity index (χ1) is 10.2. The molecule has 0 atom stereocenters. The van der Waals surface area contributed by atoms with E-state index < -0.39 is 0 Å². The van der Waals surface area contributed by atoms with Crippen LogP contribution in [0.25, 0.3) is 0 Å². The maximum absolute atomic E-state index is 12.4. The second-order valence-corrected chi connectivity index (χ2v) is 7.16. The van der Waals surface area contributed by atoms with Crippen LogP contribution in [-0.4, -0.2) is 25.0 Å². The third kappa shape index (κ3) is 3.03. The third-order valence-corrected chi connectivity index (χ3v) is 5.51. The van der Waals surface area contributed by atoms with Gasteiger partial charge in [0.25, 0.3) is 5.91 Å². The van der Waals surface area contributed by atoms with Crippen LogP contribution >= 0.6 is 11.3 Å². The number of nitrogen functional groups attached to an aromatic ring is 1. The molecule has 2 fully saturated rings. The van der Waals surface area contributed by atoms with Gasteiger partial charge in [0.1, 0.15) is 4.88 Å². The van der Waals surface area contributed by atoms with E-state index in [1.807, 2.05) is 0 Å². The number of nitrogens with two attached hydrogens (primary N) is 1. The topological polar surface area (TPSA) is 58.4 Å². The molecule has 2 aliphatic carbocycles. The smallest absolute Gasteiger partial charge is 0.263 e. The van der Waals surface area contributed by atoms with E-state index in [1.165, 1.54) is 23.4 Å². The Morgan fingerprint density at radius 1 is 1.33 bits per heavy atom. The zero-order chi connectivity index (χ0) is 15.0. The Hall–Kier alpha value is -1.23. The molecular weight excluding hydrogens is 282 g/mol.